The number of amides is 1. The lowest BCUT2D eigenvalue weighted by Gasteiger charge is -2.14. The molecule has 5 nitrogen and oxygen atoms in total. The average Bonchev–Trinajstić information content (AvgIpc) is 2.70. The van der Waals surface area contributed by atoms with E-state index in [4.69, 9.17) is 0 Å². The number of hydrogen-bond donors (Lipinski definition) is 1. The summed E-state index contributed by atoms with van der Waals surface area (Å²) in [6.45, 7) is 1.86. The molecule has 1 amide bonds. The van der Waals surface area contributed by atoms with E-state index in [0.29, 0.717) is 23.6 Å². The van der Waals surface area contributed by atoms with Gasteiger partial charge in [0.2, 0.25) is 5.91 Å². The smallest absolute Gasteiger partial charge is 0.254 e. The third-order valence-corrected chi connectivity index (χ3v) is 4.84. The van der Waals surface area contributed by atoms with E-state index in [1.54, 1.807) is 11.8 Å². The fourth-order valence-electron chi connectivity index (χ4n) is 2.74. The highest BCUT2D eigenvalue weighted by Gasteiger charge is 2.14. The quantitative estimate of drug-likeness (QED) is 0.661. The molecule has 1 heterocycles. The van der Waals surface area contributed by atoms with Crippen molar-refractivity contribution in [3.05, 3.63) is 76.7 Å². The van der Waals surface area contributed by atoms with Gasteiger partial charge in [-0.05, 0) is 30.9 Å². The zero-order valence-corrected chi connectivity index (χ0v) is 16.1. The molecule has 0 unspecified atom stereocenters. The number of nitrogens with zero attached hydrogens (tertiary/aromatic N) is 2. The Morgan fingerprint density at radius 1 is 1.11 bits per heavy atom. The predicted molar refractivity (Wildman–Crippen MR) is 110 cm³/mol. The Morgan fingerprint density at radius 3 is 2.59 bits per heavy atom. The van der Waals surface area contributed by atoms with Crippen LogP contribution in [0.2, 0.25) is 0 Å². The molecule has 0 radical (unpaired) electrons. The second-order valence-electron chi connectivity index (χ2n) is 6.00. The minimum absolute atomic E-state index is 0.0937. The number of hydrogen-bond acceptors (Lipinski definition) is 4. The van der Waals surface area contributed by atoms with Gasteiger partial charge in [-0.1, -0.05) is 43.3 Å². The summed E-state index contributed by atoms with van der Waals surface area (Å²) < 4.78 is 1.42. The number of rotatable bonds is 6. The van der Waals surface area contributed by atoms with Gasteiger partial charge in [0.25, 0.3) is 5.56 Å². The van der Waals surface area contributed by atoms with Gasteiger partial charge < -0.3 is 5.32 Å². The summed E-state index contributed by atoms with van der Waals surface area (Å²) >= 11 is 1.60. The van der Waals surface area contributed by atoms with Gasteiger partial charge in [-0.15, -0.1) is 11.8 Å². The molecule has 3 rings (SSSR count). The van der Waals surface area contributed by atoms with Crippen LogP contribution in [0, 0.1) is 0 Å². The average molecular weight is 379 g/mol. The van der Waals surface area contributed by atoms with Gasteiger partial charge in [-0.3, -0.25) is 14.2 Å². The Hall–Kier alpha value is -2.86. The van der Waals surface area contributed by atoms with Crippen LogP contribution in [0.4, 0.5) is 5.69 Å². The summed E-state index contributed by atoms with van der Waals surface area (Å²) in [6.07, 6.45) is 2.64. The van der Waals surface area contributed by atoms with E-state index in [2.05, 4.69) is 10.3 Å². The molecule has 0 fully saturated rings. The molecule has 6 heteroatoms. The molecule has 1 N–H and O–H groups in total. The minimum Gasteiger partial charge on any atom is -0.324 e. The number of aromatic nitrogens is 2. The van der Waals surface area contributed by atoms with E-state index in [-0.39, 0.29) is 18.0 Å². The van der Waals surface area contributed by atoms with Crippen molar-refractivity contribution in [2.24, 2.45) is 0 Å². The molecule has 1 aromatic heterocycles. The number of carbonyl (C=O) groups is 1. The zero-order chi connectivity index (χ0) is 19.2. The molecule has 0 saturated heterocycles. The first-order valence-corrected chi connectivity index (χ1v) is 9.93. The summed E-state index contributed by atoms with van der Waals surface area (Å²) in [5, 5.41) is 2.86. The van der Waals surface area contributed by atoms with Gasteiger partial charge in [-0.2, -0.15) is 0 Å². The SMILES string of the molecule is CCc1cc(=O)n(CC(=O)Nc2cccc(SC)c2)c(-c2ccccc2)n1. The first kappa shape index (κ1) is 18.9. The Labute approximate surface area is 162 Å². The lowest BCUT2D eigenvalue weighted by molar-refractivity contribution is -0.116. The van der Waals surface area contributed by atoms with Crippen LogP contribution in [-0.2, 0) is 17.8 Å². The van der Waals surface area contributed by atoms with Gasteiger partial charge in [0.05, 0.1) is 0 Å². The van der Waals surface area contributed by atoms with Gasteiger partial charge in [0, 0.05) is 27.9 Å². The first-order valence-electron chi connectivity index (χ1n) is 8.70. The van der Waals surface area contributed by atoms with Crippen LogP contribution in [0.5, 0.6) is 0 Å². The van der Waals surface area contributed by atoms with E-state index in [0.717, 1.165) is 10.5 Å². The van der Waals surface area contributed by atoms with Crippen LogP contribution in [0.3, 0.4) is 0 Å². The molecule has 138 valence electrons. The second kappa shape index (κ2) is 8.68. The second-order valence-corrected chi connectivity index (χ2v) is 6.87. The molecule has 0 atom stereocenters. The highest BCUT2D eigenvalue weighted by Crippen LogP contribution is 2.19. The Balaban J connectivity index is 1.91. The van der Waals surface area contributed by atoms with Crippen molar-refractivity contribution >= 4 is 23.4 Å². The van der Waals surface area contributed by atoms with Gasteiger partial charge in [0.15, 0.2) is 0 Å². The van der Waals surface area contributed by atoms with Crippen LogP contribution in [-0.4, -0.2) is 21.7 Å². The number of benzene rings is 2. The van der Waals surface area contributed by atoms with E-state index in [1.165, 1.54) is 10.6 Å². The summed E-state index contributed by atoms with van der Waals surface area (Å²) in [5.74, 6) is 0.242. The van der Waals surface area contributed by atoms with E-state index in [1.807, 2.05) is 67.8 Å². The Bertz CT molecular complexity index is 1000. The van der Waals surface area contributed by atoms with Crippen LogP contribution in [0.25, 0.3) is 11.4 Å². The highest BCUT2D eigenvalue weighted by molar-refractivity contribution is 7.98. The van der Waals surface area contributed by atoms with E-state index >= 15 is 0 Å². The highest BCUT2D eigenvalue weighted by atomic mass is 32.2. The summed E-state index contributed by atoms with van der Waals surface area (Å²) in [7, 11) is 0. The van der Waals surface area contributed by atoms with E-state index in [9.17, 15) is 9.59 Å². The molecule has 0 aliphatic heterocycles. The molecular weight excluding hydrogens is 358 g/mol. The first-order chi connectivity index (χ1) is 13.1. The summed E-state index contributed by atoms with van der Waals surface area (Å²) in [5.41, 5.74) is 2.00. The third kappa shape index (κ3) is 4.65. The van der Waals surface area contributed by atoms with Gasteiger partial charge in [-0.25, -0.2) is 4.98 Å². The van der Waals surface area contributed by atoms with Crippen molar-refractivity contribution in [3.8, 4) is 11.4 Å². The predicted octanol–water partition coefficient (Wildman–Crippen LogP) is 3.83. The molecule has 0 spiro atoms. The maximum atomic E-state index is 12.6. The molecule has 3 aromatic rings. The lowest BCUT2D eigenvalue weighted by Crippen LogP contribution is -2.30. The van der Waals surface area contributed by atoms with Crippen LogP contribution in [0.1, 0.15) is 12.6 Å². The van der Waals surface area contributed by atoms with Crippen molar-refractivity contribution in [1.82, 2.24) is 9.55 Å². The molecule has 0 saturated carbocycles. The number of aryl methyl sites for hydroxylation is 1. The normalized spacial score (nSPS) is 10.6. The zero-order valence-electron chi connectivity index (χ0n) is 15.3. The largest absolute Gasteiger partial charge is 0.324 e. The molecule has 0 aliphatic rings. The number of anilines is 1. The van der Waals surface area contributed by atoms with Gasteiger partial charge in [0.1, 0.15) is 12.4 Å². The maximum Gasteiger partial charge on any atom is 0.254 e. The van der Waals surface area contributed by atoms with E-state index < -0.39 is 0 Å². The molecular formula is C21H21N3O2S. The summed E-state index contributed by atoms with van der Waals surface area (Å²) in [4.78, 5) is 30.8. The summed E-state index contributed by atoms with van der Waals surface area (Å²) in [6, 6.07) is 18.5. The lowest BCUT2D eigenvalue weighted by atomic mass is 10.2. The number of thioether (sulfide) groups is 1. The van der Waals surface area contributed by atoms with Crippen molar-refractivity contribution < 1.29 is 4.79 Å². The number of nitrogens with one attached hydrogen (secondary N) is 1. The van der Waals surface area contributed by atoms with Crippen molar-refractivity contribution in [2.45, 2.75) is 24.8 Å². The maximum absolute atomic E-state index is 12.6. The van der Waals surface area contributed by atoms with Crippen LogP contribution in [0.15, 0.2) is 70.4 Å². The van der Waals surface area contributed by atoms with Crippen molar-refractivity contribution in [2.75, 3.05) is 11.6 Å². The van der Waals surface area contributed by atoms with Gasteiger partial charge >= 0.3 is 0 Å². The van der Waals surface area contributed by atoms with Crippen molar-refractivity contribution in [3.63, 3.8) is 0 Å². The fraction of sp³-hybridized carbons (Fsp3) is 0.190. The monoisotopic (exact) mass is 379 g/mol. The van der Waals surface area contributed by atoms with Crippen LogP contribution >= 0.6 is 11.8 Å². The molecule has 27 heavy (non-hydrogen) atoms. The third-order valence-electron chi connectivity index (χ3n) is 4.11. The topological polar surface area (TPSA) is 64.0 Å². The number of carbonyl (C=O) groups excluding carboxylic acids is 1. The molecule has 2 aromatic carbocycles. The Kier molecular flexibility index (Phi) is 6.08. The molecule has 0 aliphatic carbocycles. The standard InChI is InChI=1S/C21H21N3O2S/c1-3-16-13-20(26)24(21(23-16)15-8-5-4-6-9-15)14-19(25)22-17-10-7-11-18(12-17)27-2/h4-13H,3,14H2,1-2H3,(H,22,25). The Morgan fingerprint density at radius 2 is 1.89 bits per heavy atom. The fourth-order valence-corrected chi connectivity index (χ4v) is 3.20. The van der Waals surface area contributed by atoms with Crippen LogP contribution < -0.4 is 10.9 Å². The molecule has 0 bridgehead atoms. The minimum atomic E-state index is -0.265. The van der Waals surface area contributed by atoms with Crippen molar-refractivity contribution in [1.29, 1.82) is 0 Å².